The number of ether oxygens (including phenoxy) is 2. The van der Waals surface area contributed by atoms with Crippen molar-refractivity contribution in [3.63, 3.8) is 0 Å². The smallest absolute Gasteiger partial charge is 0.305 e. The van der Waals surface area contributed by atoms with Crippen LogP contribution in [0.3, 0.4) is 0 Å². The molecule has 1 aliphatic rings. The molecule has 156 valence electrons. The van der Waals surface area contributed by atoms with E-state index in [-0.39, 0.29) is 11.9 Å². The highest BCUT2D eigenvalue weighted by Crippen LogP contribution is 2.21. The predicted octanol–water partition coefficient (Wildman–Crippen LogP) is 2.75. The topological polar surface area (TPSA) is 59.1 Å². The van der Waals surface area contributed by atoms with E-state index in [4.69, 9.17) is 4.74 Å². The molecule has 6 heteroatoms. The number of carbonyl (C=O) groups excluding carboxylic acids is 2. The van der Waals surface area contributed by atoms with Crippen LogP contribution in [0.2, 0.25) is 0 Å². The van der Waals surface area contributed by atoms with E-state index in [1.807, 2.05) is 24.1 Å². The quantitative estimate of drug-likeness (QED) is 0.575. The van der Waals surface area contributed by atoms with Crippen LogP contribution in [0, 0.1) is 5.92 Å². The molecule has 1 fully saturated rings. The number of esters is 1. The van der Waals surface area contributed by atoms with Crippen molar-refractivity contribution in [2.75, 3.05) is 47.4 Å². The lowest BCUT2D eigenvalue weighted by atomic mass is 9.97. The molecule has 0 radical (unpaired) electrons. The fourth-order valence-electron chi connectivity index (χ4n) is 3.86. The van der Waals surface area contributed by atoms with Gasteiger partial charge in [0.1, 0.15) is 5.75 Å². The number of methoxy groups -OCH3 is 2. The van der Waals surface area contributed by atoms with Crippen molar-refractivity contribution in [1.82, 2.24) is 9.80 Å². The first-order chi connectivity index (χ1) is 13.5. The van der Waals surface area contributed by atoms with Gasteiger partial charge in [0.25, 0.3) is 0 Å². The summed E-state index contributed by atoms with van der Waals surface area (Å²) in [7, 11) is 4.96. The van der Waals surface area contributed by atoms with E-state index in [9.17, 15) is 9.59 Å². The molecule has 1 unspecified atom stereocenters. The maximum atomic E-state index is 12.3. The molecule has 1 saturated heterocycles. The average molecular weight is 391 g/mol. The van der Waals surface area contributed by atoms with Gasteiger partial charge in [-0.15, -0.1) is 0 Å². The molecule has 1 aromatic carbocycles. The molecule has 28 heavy (non-hydrogen) atoms. The van der Waals surface area contributed by atoms with Crippen molar-refractivity contribution in [3.8, 4) is 5.75 Å². The van der Waals surface area contributed by atoms with Crippen LogP contribution in [-0.4, -0.2) is 69.1 Å². The third-order valence-electron chi connectivity index (χ3n) is 5.45. The van der Waals surface area contributed by atoms with Crippen molar-refractivity contribution < 1.29 is 19.1 Å². The number of amides is 1. The summed E-state index contributed by atoms with van der Waals surface area (Å²) >= 11 is 0. The molecule has 0 bridgehead atoms. The van der Waals surface area contributed by atoms with Crippen molar-refractivity contribution in [2.24, 2.45) is 5.92 Å². The summed E-state index contributed by atoms with van der Waals surface area (Å²) in [6.07, 6.45) is 4.54. The van der Waals surface area contributed by atoms with Gasteiger partial charge in [-0.2, -0.15) is 0 Å². The monoisotopic (exact) mass is 390 g/mol. The number of nitrogens with zero attached hydrogens (tertiary/aromatic N) is 2. The van der Waals surface area contributed by atoms with Crippen LogP contribution in [-0.2, 0) is 20.7 Å². The lowest BCUT2D eigenvalue weighted by Gasteiger charge is -2.35. The second kappa shape index (κ2) is 11.7. The average Bonchev–Trinajstić information content (AvgIpc) is 2.72. The van der Waals surface area contributed by atoms with Gasteiger partial charge in [-0.1, -0.05) is 18.2 Å². The highest BCUT2D eigenvalue weighted by Gasteiger charge is 2.22. The lowest BCUT2D eigenvalue weighted by molar-refractivity contribution is -0.140. The number of benzene rings is 1. The number of hydrogen-bond donors (Lipinski definition) is 0. The molecule has 1 aromatic rings. The number of para-hydroxylation sites is 1. The van der Waals surface area contributed by atoms with Crippen LogP contribution in [0.15, 0.2) is 24.3 Å². The summed E-state index contributed by atoms with van der Waals surface area (Å²) in [6.45, 7) is 3.92. The molecule has 0 saturated carbocycles. The summed E-state index contributed by atoms with van der Waals surface area (Å²) in [5, 5.41) is 0. The van der Waals surface area contributed by atoms with Gasteiger partial charge in [0.2, 0.25) is 5.91 Å². The second-order valence-electron chi connectivity index (χ2n) is 7.57. The van der Waals surface area contributed by atoms with Crippen molar-refractivity contribution >= 4 is 11.9 Å². The molecule has 6 nitrogen and oxygen atoms in total. The molecule has 1 amide bonds. The largest absolute Gasteiger partial charge is 0.496 e. The lowest BCUT2D eigenvalue weighted by Crippen LogP contribution is -2.42. The molecule has 0 aliphatic carbocycles. The molecule has 1 heterocycles. The molecule has 2 rings (SSSR count). The fourth-order valence-corrected chi connectivity index (χ4v) is 3.86. The van der Waals surface area contributed by atoms with Crippen LogP contribution in [0.4, 0.5) is 0 Å². The van der Waals surface area contributed by atoms with Crippen molar-refractivity contribution in [3.05, 3.63) is 29.8 Å². The normalized spacial score (nSPS) is 17.2. The number of hydrogen-bond acceptors (Lipinski definition) is 5. The van der Waals surface area contributed by atoms with Crippen LogP contribution in [0.25, 0.3) is 0 Å². The first-order valence-corrected chi connectivity index (χ1v) is 10.2. The Kier molecular flexibility index (Phi) is 9.28. The van der Waals surface area contributed by atoms with Gasteiger partial charge in [-0.25, -0.2) is 0 Å². The molecule has 1 atom stereocenters. The third-order valence-corrected chi connectivity index (χ3v) is 5.45. The minimum absolute atomic E-state index is 0.107. The maximum absolute atomic E-state index is 12.3. The standard InChI is InChI=1S/C22H34N2O4/c1-23(21(25)11-6-12-22(26)28-3)16-18-8-7-14-24(17-18)15-13-19-9-4-5-10-20(19)27-2/h4-5,9-10,18H,6-8,11-17H2,1-3H3. The Morgan fingerprint density at radius 2 is 2.00 bits per heavy atom. The van der Waals surface area contributed by atoms with Gasteiger partial charge >= 0.3 is 5.97 Å². The maximum Gasteiger partial charge on any atom is 0.305 e. The molecular formula is C22H34N2O4. The van der Waals surface area contributed by atoms with E-state index in [0.29, 0.717) is 25.2 Å². The van der Waals surface area contributed by atoms with Gasteiger partial charge in [-0.05, 0) is 49.8 Å². The Morgan fingerprint density at radius 1 is 1.21 bits per heavy atom. The molecule has 1 aliphatic heterocycles. The number of carbonyl (C=O) groups is 2. The van der Waals surface area contributed by atoms with Crippen molar-refractivity contribution in [2.45, 2.75) is 38.5 Å². The van der Waals surface area contributed by atoms with Gasteiger partial charge in [0.15, 0.2) is 0 Å². The van der Waals surface area contributed by atoms with Crippen LogP contribution >= 0.6 is 0 Å². The summed E-state index contributed by atoms with van der Waals surface area (Å²) in [5.41, 5.74) is 1.24. The highest BCUT2D eigenvalue weighted by molar-refractivity contribution is 5.77. The van der Waals surface area contributed by atoms with Gasteiger partial charge in [0.05, 0.1) is 14.2 Å². The van der Waals surface area contributed by atoms with Gasteiger partial charge in [0, 0.05) is 39.5 Å². The minimum atomic E-state index is -0.256. The molecule has 0 spiro atoms. The molecular weight excluding hydrogens is 356 g/mol. The van der Waals surface area contributed by atoms with E-state index in [1.165, 1.54) is 19.1 Å². The van der Waals surface area contributed by atoms with Crippen LogP contribution in [0.5, 0.6) is 5.75 Å². The Hall–Kier alpha value is -2.08. The van der Waals surface area contributed by atoms with E-state index >= 15 is 0 Å². The first kappa shape index (κ1) is 22.2. The second-order valence-corrected chi connectivity index (χ2v) is 7.57. The first-order valence-electron chi connectivity index (χ1n) is 10.2. The zero-order chi connectivity index (χ0) is 20.4. The molecule has 0 N–H and O–H groups in total. The summed E-state index contributed by atoms with van der Waals surface area (Å²) in [6, 6.07) is 8.19. The zero-order valence-electron chi connectivity index (χ0n) is 17.5. The van der Waals surface area contributed by atoms with Gasteiger partial charge in [-0.3, -0.25) is 9.59 Å². The van der Waals surface area contributed by atoms with Crippen LogP contribution < -0.4 is 4.74 Å². The number of likely N-dealkylation sites (tertiary alicyclic amines) is 1. The third kappa shape index (κ3) is 7.15. The summed E-state index contributed by atoms with van der Waals surface area (Å²) in [5.74, 6) is 1.30. The fraction of sp³-hybridized carbons (Fsp3) is 0.636. The van der Waals surface area contributed by atoms with E-state index in [1.54, 1.807) is 7.11 Å². The minimum Gasteiger partial charge on any atom is -0.496 e. The Balaban J connectivity index is 1.74. The Bertz CT molecular complexity index is 635. The SMILES string of the molecule is COC(=O)CCCC(=O)N(C)CC1CCCN(CCc2ccccc2OC)C1. The number of piperidine rings is 1. The van der Waals surface area contributed by atoms with E-state index in [2.05, 4.69) is 21.8 Å². The van der Waals surface area contributed by atoms with Crippen molar-refractivity contribution in [1.29, 1.82) is 0 Å². The Labute approximate surface area is 168 Å². The summed E-state index contributed by atoms with van der Waals surface area (Å²) < 4.78 is 10.1. The zero-order valence-corrected chi connectivity index (χ0v) is 17.5. The van der Waals surface area contributed by atoms with E-state index < -0.39 is 0 Å². The predicted molar refractivity (Wildman–Crippen MR) is 109 cm³/mol. The van der Waals surface area contributed by atoms with Crippen LogP contribution in [0.1, 0.15) is 37.7 Å². The summed E-state index contributed by atoms with van der Waals surface area (Å²) in [4.78, 5) is 27.8. The highest BCUT2D eigenvalue weighted by atomic mass is 16.5. The van der Waals surface area contributed by atoms with Gasteiger partial charge < -0.3 is 19.3 Å². The van der Waals surface area contributed by atoms with E-state index in [0.717, 1.165) is 44.8 Å². The Morgan fingerprint density at radius 3 is 2.75 bits per heavy atom. The molecule has 0 aromatic heterocycles. The number of rotatable bonds is 10.